The summed E-state index contributed by atoms with van der Waals surface area (Å²) in [5, 5.41) is 3.45. The van der Waals surface area contributed by atoms with Crippen molar-refractivity contribution in [2.24, 2.45) is 11.8 Å². The number of sulfone groups is 1. The molecule has 0 aromatic heterocycles. The normalized spacial score (nSPS) is 28.6. The molecule has 0 radical (unpaired) electrons. The van der Waals surface area contributed by atoms with Gasteiger partial charge < -0.3 is 10.2 Å². The summed E-state index contributed by atoms with van der Waals surface area (Å²) in [4.78, 5) is 2.31. The molecule has 0 saturated carbocycles. The molecule has 0 aliphatic carbocycles. The van der Waals surface area contributed by atoms with E-state index in [0.717, 1.165) is 26.2 Å². The summed E-state index contributed by atoms with van der Waals surface area (Å²) in [5.41, 5.74) is 0. The van der Waals surface area contributed by atoms with Crippen LogP contribution in [0.3, 0.4) is 0 Å². The van der Waals surface area contributed by atoms with Gasteiger partial charge in [-0.05, 0) is 24.9 Å². The van der Waals surface area contributed by atoms with Gasteiger partial charge in [0.2, 0.25) is 0 Å². The molecule has 1 rings (SSSR count). The molecule has 0 amide bonds. The Kier molecular flexibility index (Phi) is 5.89. The molecule has 1 heterocycles. The largest absolute Gasteiger partial charge is 0.316 e. The van der Waals surface area contributed by atoms with E-state index in [1.54, 1.807) is 6.92 Å². The van der Waals surface area contributed by atoms with Gasteiger partial charge in [0.25, 0.3) is 0 Å². The molecule has 2 atom stereocenters. The summed E-state index contributed by atoms with van der Waals surface area (Å²) in [5.74, 6) is 1.74. The molecule has 102 valence electrons. The minimum atomic E-state index is -2.83. The van der Waals surface area contributed by atoms with Crippen molar-refractivity contribution >= 4 is 9.84 Å². The monoisotopic (exact) mass is 262 g/mol. The molecule has 4 nitrogen and oxygen atoms in total. The maximum atomic E-state index is 11.5. The Bertz CT molecular complexity index is 304. The molecular formula is C12H26N2O2S. The fourth-order valence-electron chi connectivity index (χ4n) is 2.26. The van der Waals surface area contributed by atoms with Crippen LogP contribution < -0.4 is 5.32 Å². The topological polar surface area (TPSA) is 49.4 Å². The van der Waals surface area contributed by atoms with Crippen molar-refractivity contribution in [3.05, 3.63) is 0 Å². The minimum absolute atomic E-state index is 0.257. The maximum Gasteiger partial charge on any atom is 0.151 e. The molecule has 1 saturated heterocycles. The Morgan fingerprint density at radius 2 is 1.71 bits per heavy atom. The molecule has 1 aliphatic rings. The van der Waals surface area contributed by atoms with Crippen molar-refractivity contribution in [1.29, 1.82) is 0 Å². The van der Waals surface area contributed by atoms with Gasteiger partial charge in [0.05, 0.1) is 5.75 Å². The molecule has 0 aromatic carbocycles. The third kappa shape index (κ3) is 5.84. The lowest BCUT2D eigenvalue weighted by Gasteiger charge is -2.31. The quantitative estimate of drug-likeness (QED) is 0.806. The molecule has 0 bridgehead atoms. The molecular weight excluding hydrogens is 236 g/mol. The number of nitrogens with one attached hydrogen (secondary N) is 1. The van der Waals surface area contributed by atoms with Crippen LogP contribution in [-0.4, -0.2) is 57.5 Å². The minimum Gasteiger partial charge on any atom is -0.316 e. The summed E-state index contributed by atoms with van der Waals surface area (Å²) >= 11 is 0. The molecule has 1 fully saturated rings. The Labute approximate surface area is 106 Å². The van der Waals surface area contributed by atoms with Crippen molar-refractivity contribution in [2.75, 3.05) is 44.2 Å². The van der Waals surface area contributed by atoms with Crippen LogP contribution in [0.2, 0.25) is 0 Å². The van der Waals surface area contributed by atoms with Crippen LogP contribution >= 0.6 is 0 Å². The number of hydrogen-bond acceptors (Lipinski definition) is 4. The fourth-order valence-corrected chi connectivity index (χ4v) is 3.08. The van der Waals surface area contributed by atoms with Crippen molar-refractivity contribution < 1.29 is 8.42 Å². The predicted molar refractivity (Wildman–Crippen MR) is 72.0 cm³/mol. The van der Waals surface area contributed by atoms with Gasteiger partial charge in [0.15, 0.2) is 9.84 Å². The van der Waals surface area contributed by atoms with E-state index in [4.69, 9.17) is 0 Å². The van der Waals surface area contributed by atoms with E-state index >= 15 is 0 Å². The Hall–Kier alpha value is -0.130. The van der Waals surface area contributed by atoms with Gasteiger partial charge in [-0.15, -0.1) is 0 Å². The Balaban J connectivity index is 2.48. The molecule has 0 aromatic rings. The highest BCUT2D eigenvalue weighted by atomic mass is 32.2. The highest BCUT2D eigenvalue weighted by Crippen LogP contribution is 2.08. The van der Waals surface area contributed by atoms with E-state index in [-0.39, 0.29) is 5.75 Å². The SMILES string of the molecule is CCS(=O)(=O)CCN1CC(C)CNCC(C)C1. The van der Waals surface area contributed by atoms with Gasteiger partial charge >= 0.3 is 0 Å². The third-order valence-corrected chi connectivity index (χ3v) is 4.97. The van der Waals surface area contributed by atoms with Crippen LogP contribution in [0.1, 0.15) is 20.8 Å². The van der Waals surface area contributed by atoms with Crippen LogP contribution in [0.25, 0.3) is 0 Å². The summed E-state index contributed by atoms with van der Waals surface area (Å²) in [6, 6.07) is 0. The summed E-state index contributed by atoms with van der Waals surface area (Å²) < 4.78 is 23.0. The summed E-state index contributed by atoms with van der Waals surface area (Å²) in [7, 11) is -2.83. The Morgan fingerprint density at radius 1 is 1.18 bits per heavy atom. The molecule has 5 heteroatoms. The third-order valence-electron chi connectivity index (χ3n) is 3.28. The summed E-state index contributed by atoms with van der Waals surface area (Å²) in [6.07, 6.45) is 0. The highest BCUT2D eigenvalue weighted by molar-refractivity contribution is 7.91. The first-order chi connectivity index (χ1) is 7.93. The molecule has 1 N–H and O–H groups in total. The van der Waals surface area contributed by atoms with Gasteiger partial charge in [-0.1, -0.05) is 20.8 Å². The molecule has 2 unspecified atom stereocenters. The highest BCUT2D eigenvalue weighted by Gasteiger charge is 2.18. The zero-order valence-corrected chi connectivity index (χ0v) is 12.1. The van der Waals surface area contributed by atoms with Crippen molar-refractivity contribution in [3.63, 3.8) is 0 Å². The van der Waals surface area contributed by atoms with Gasteiger partial charge in [0.1, 0.15) is 0 Å². The second kappa shape index (κ2) is 6.71. The molecule has 17 heavy (non-hydrogen) atoms. The van der Waals surface area contributed by atoms with E-state index < -0.39 is 9.84 Å². The zero-order chi connectivity index (χ0) is 12.9. The van der Waals surface area contributed by atoms with Gasteiger partial charge in [-0.2, -0.15) is 0 Å². The van der Waals surface area contributed by atoms with Gasteiger partial charge in [-0.25, -0.2) is 8.42 Å². The smallest absolute Gasteiger partial charge is 0.151 e. The fraction of sp³-hybridized carbons (Fsp3) is 1.00. The van der Waals surface area contributed by atoms with Crippen LogP contribution in [-0.2, 0) is 9.84 Å². The molecule has 0 spiro atoms. The van der Waals surface area contributed by atoms with Gasteiger partial charge in [-0.3, -0.25) is 0 Å². The van der Waals surface area contributed by atoms with E-state index in [2.05, 4.69) is 24.1 Å². The first kappa shape index (κ1) is 14.9. The lowest BCUT2D eigenvalue weighted by Crippen LogP contribution is -2.44. The van der Waals surface area contributed by atoms with Crippen molar-refractivity contribution in [1.82, 2.24) is 10.2 Å². The standard InChI is InChI=1S/C12H26N2O2S/c1-4-17(15,16)6-5-14-9-11(2)7-13-8-12(3)10-14/h11-13H,4-10H2,1-3H3. The maximum absolute atomic E-state index is 11.5. The average Bonchev–Trinajstić information content (AvgIpc) is 2.24. The lowest BCUT2D eigenvalue weighted by molar-refractivity contribution is 0.194. The van der Waals surface area contributed by atoms with E-state index in [1.807, 2.05) is 0 Å². The second-order valence-electron chi connectivity index (χ2n) is 5.36. The van der Waals surface area contributed by atoms with Crippen LogP contribution in [0.15, 0.2) is 0 Å². The number of rotatable bonds is 4. The number of nitrogens with zero attached hydrogens (tertiary/aromatic N) is 1. The predicted octanol–water partition coefficient (Wildman–Crippen LogP) is 0.599. The van der Waals surface area contributed by atoms with Gasteiger partial charge in [0, 0.05) is 25.4 Å². The first-order valence-electron chi connectivity index (χ1n) is 6.56. The first-order valence-corrected chi connectivity index (χ1v) is 8.38. The summed E-state index contributed by atoms with van der Waals surface area (Å²) in [6.45, 7) is 10.9. The second-order valence-corrected chi connectivity index (χ2v) is 7.84. The van der Waals surface area contributed by atoms with E-state index in [0.29, 0.717) is 24.1 Å². The average molecular weight is 262 g/mol. The Morgan fingerprint density at radius 3 is 2.18 bits per heavy atom. The van der Waals surface area contributed by atoms with Crippen LogP contribution in [0.5, 0.6) is 0 Å². The van der Waals surface area contributed by atoms with Crippen LogP contribution in [0, 0.1) is 11.8 Å². The van der Waals surface area contributed by atoms with Crippen molar-refractivity contribution in [2.45, 2.75) is 20.8 Å². The number of hydrogen-bond donors (Lipinski definition) is 1. The van der Waals surface area contributed by atoms with E-state index in [1.165, 1.54) is 0 Å². The van der Waals surface area contributed by atoms with Crippen LogP contribution in [0.4, 0.5) is 0 Å². The van der Waals surface area contributed by atoms with Crippen molar-refractivity contribution in [3.8, 4) is 0 Å². The van der Waals surface area contributed by atoms with E-state index in [9.17, 15) is 8.42 Å². The zero-order valence-electron chi connectivity index (χ0n) is 11.3. The molecule has 1 aliphatic heterocycles. The lowest BCUT2D eigenvalue weighted by atomic mass is 10.1.